The van der Waals surface area contributed by atoms with E-state index in [2.05, 4.69) is 10.3 Å². The van der Waals surface area contributed by atoms with Gasteiger partial charge in [0.15, 0.2) is 0 Å². The molecule has 1 aliphatic carbocycles. The van der Waals surface area contributed by atoms with E-state index in [0.717, 1.165) is 24.2 Å². The van der Waals surface area contributed by atoms with Gasteiger partial charge in [-0.05, 0) is 32.3 Å². The first-order valence-electron chi connectivity index (χ1n) is 10.6. The molecule has 1 fully saturated rings. The molecule has 0 bridgehead atoms. The zero-order valence-corrected chi connectivity index (χ0v) is 17.6. The third-order valence-electron chi connectivity index (χ3n) is 6.28. The highest BCUT2D eigenvalue weighted by atomic mass is 16.2. The number of carbonyl (C=O) groups is 3. The van der Waals surface area contributed by atoms with Crippen molar-refractivity contribution in [1.82, 2.24) is 19.8 Å². The topological polar surface area (TPSA) is 110 Å². The molecule has 2 atom stereocenters. The van der Waals surface area contributed by atoms with Crippen LogP contribution in [0.2, 0.25) is 0 Å². The average Bonchev–Trinajstić information content (AvgIpc) is 3.39. The number of nitrogens with one attached hydrogen (secondary N) is 1. The van der Waals surface area contributed by atoms with Crippen molar-refractivity contribution in [2.45, 2.75) is 45.3 Å². The number of nitrogens with two attached hydrogens (primary N) is 1. The molecule has 0 radical (unpaired) electrons. The Morgan fingerprint density at radius 2 is 1.87 bits per heavy atom. The molecule has 1 aromatic carbocycles. The van der Waals surface area contributed by atoms with Crippen molar-refractivity contribution in [3.8, 4) is 0 Å². The molecule has 3 N–H and O–H groups in total. The van der Waals surface area contributed by atoms with E-state index in [1.54, 1.807) is 11.5 Å². The van der Waals surface area contributed by atoms with Crippen LogP contribution in [0.4, 0.5) is 0 Å². The third kappa shape index (κ3) is 3.27. The van der Waals surface area contributed by atoms with E-state index in [0.29, 0.717) is 42.2 Å². The predicted octanol–water partition coefficient (Wildman–Crippen LogP) is 1.29. The van der Waals surface area contributed by atoms with E-state index >= 15 is 0 Å². The van der Waals surface area contributed by atoms with Crippen LogP contribution in [0.15, 0.2) is 35.5 Å². The SMILES string of the molecule is CC1=C(N2CC2)C(=O)c2nc3n(c2C1=O)CC[C@@H]3NC(=O)[C@@H](N)Cc1ccc(C)cc1. The van der Waals surface area contributed by atoms with E-state index < -0.39 is 6.04 Å². The van der Waals surface area contributed by atoms with E-state index in [1.165, 1.54) is 0 Å². The molecule has 31 heavy (non-hydrogen) atoms. The Morgan fingerprint density at radius 3 is 2.55 bits per heavy atom. The van der Waals surface area contributed by atoms with Crippen molar-refractivity contribution >= 4 is 17.5 Å². The second kappa shape index (κ2) is 7.16. The molecular formula is C23H25N5O3. The smallest absolute Gasteiger partial charge is 0.237 e. The summed E-state index contributed by atoms with van der Waals surface area (Å²) in [5, 5.41) is 2.97. The number of amides is 1. The number of aryl methyl sites for hydroxylation is 1. The van der Waals surface area contributed by atoms with Gasteiger partial charge < -0.3 is 20.5 Å². The first kappa shape index (κ1) is 19.7. The highest BCUT2D eigenvalue weighted by molar-refractivity contribution is 6.25. The fourth-order valence-electron chi connectivity index (χ4n) is 4.45. The molecule has 1 aromatic heterocycles. The Labute approximate surface area is 180 Å². The van der Waals surface area contributed by atoms with Crippen molar-refractivity contribution in [3.05, 3.63) is 63.9 Å². The molecular weight excluding hydrogens is 394 g/mol. The number of ketones is 2. The van der Waals surface area contributed by atoms with Crippen molar-refractivity contribution in [2.75, 3.05) is 13.1 Å². The van der Waals surface area contributed by atoms with Crippen LogP contribution in [0.25, 0.3) is 0 Å². The second-order valence-electron chi connectivity index (χ2n) is 8.58. The first-order chi connectivity index (χ1) is 14.8. The zero-order valence-electron chi connectivity index (χ0n) is 17.6. The van der Waals surface area contributed by atoms with Crippen LogP contribution in [0.3, 0.4) is 0 Å². The summed E-state index contributed by atoms with van der Waals surface area (Å²) in [5.74, 6) is -0.0647. The number of Topliss-reactive ketones (excluding diaryl/α,β-unsaturated/α-hetero) is 2. The second-order valence-corrected chi connectivity index (χ2v) is 8.58. The quantitative estimate of drug-likeness (QED) is 0.707. The third-order valence-corrected chi connectivity index (χ3v) is 6.28. The lowest BCUT2D eigenvalue weighted by atomic mass is 9.95. The molecule has 5 rings (SSSR count). The summed E-state index contributed by atoms with van der Waals surface area (Å²) in [6, 6.07) is 6.87. The zero-order chi connectivity index (χ0) is 21.9. The number of carbonyl (C=O) groups excluding carboxylic acids is 3. The maximum Gasteiger partial charge on any atom is 0.237 e. The number of fused-ring (bicyclic) bond motifs is 3. The van der Waals surface area contributed by atoms with E-state index in [-0.39, 0.29) is 29.2 Å². The number of hydrogen-bond donors (Lipinski definition) is 2. The van der Waals surface area contributed by atoms with Crippen LogP contribution in [0.5, 0.6) is 0 Å². The van der Waals surface area contributed by atoms with Gasteiger partial charge in [-0.1, -0.05) is 29.8 Å². The molecule has 0 saturated carbocycles. The summed E-state index contributed by atoms with van der Waals surface area (Å²) in [6.45, 7) is 5.81. The molecule has 1 saturated heterocycles. The van der Waals surface area contributed by atoms with Gasteiger partial charge in [0.05, 0.1) is 17.8 Å². The Bertz CT molecular complexity index is 1140. The van der Waals surface area contributed by atoms with Crippen molar-refractivity contribution < 1.29 is 14.4 Å². The van der Waals surface area contributed by atoms with Crippen LogP contribution in [-0.2, 0) is 17.8 Å². The fraction of sp³-hybridized carbons (Fsp3) is 0.391. The van der Waals surface area contributed by atoms with Gasteiger partial charge in [0.1, 0.15) is 17.2 Å². The van der Waals surface area contributed by atoms with Gasteiger partial charge in [-0.15, -0.1) is 0 Å². The molecule has 1 amide bonds. The molecule has 2 aromatic rings. The van der Waals surface area contributed by atoms with Crippen LogP contribution < -0.4 is 11.1 Å². The summed E-state index contributed by atoms with van der Waals surface area (Å²) < 4.78 is 1.79. The number of imidazole rings is 1. The van der Waals surface area contributed by atoms with Gasteiger partial charge in [-0.2, -0.15) is 0 Å². The lowest BCUT2D eigenvalue weighted by Gasteiger charge is -2.17. The van der Waals surface area contributed by atoms with Gasteiger partial charge in [-0.3, -0.25) is 14.4 Å². The molecule has 8 nitrogen and oxygen atoms in total. The number of aromatic nitrogens is 2. The van der Waals surface area contributed by atoms with Crippen molar-refractivity contribution in [2.24, 2.45) is 5.73 Å². The summed E-state index contributed by atoms with van der Waals surface area (Å²) >= 11 is 0. The Hall–Kier alpha value is -3.26. The van der Waals surface area contributed by atoms with Crippen LogP contribution in [-0.4, -0.2) is 51.1 Å². The molecule has 8 heteroatoms. The number of rotatable bonds is 5. The van der Waals surface area contributed by atoms with Crippen LogP contribution in [0, 0.1) is 6.92 Å². The van der Waals surface area contributed by atoms with Gasteiger partial charge in [-0.25, -0.2) is 4.98 Å². The maximum absolute atomic E-state index is 13.0. The fourth-order valence-corrected chi connectivity index (χ4v) is 4.45. The molecule has 2 aliphatic heterocycles. The number of hydrogen-bond acceptors (Lipinski definition) is 6. The number of nitrogens with zero attached hydrogens (tertiary/aromatic N) is 3. The molecule has 160 valence electrons. The minimum absolute atomic E-state index is 0.154. The van der Waals surface area contributed by atoms with Crippen molar-refractivity contribution in [3.63, 3.8) is 0 Å². The van der Waals surface area contributed by atoms with E-state index in [9.17, 15) is 14.4 Å². The summed E-state index contributed by atoms with van der Waals surface area (Å²) in [6.07, 6.45) is 1.05. The molecule has 3 aliphatic rings. The normalized spacial score (nSPS) is 20.6. The highest BCUT2D eigenvalue weighted by Crippen LogP contribution is 2.36. The van der Waals surface area contributed by atoms with Crippen LogP contribution >= 0.6 is 0 Å². The Balaban J connectivity index is 1.34. The van der Waals surface area contributed by atoms with Crippen molar-refractivity contribution in [1.29, 1.82) is 0 Å². The summed E-state index contributed by atoms with van der Waals surface area (Å²) in [7, 11) is 0. The maximum atomic E-state index is 13.0. The highest BCUT2D eigenvalue weighted by Gasteiger charge is 2.43. The minimum Gasteiger partial charge on any atom is -0.364 e. The number of benzene rings is 1. The van der Waals surface area contributed by atoms with Gasteiger partial charge in [0.25, 0.3) is 0 Å². The monoisotopic (exact) mass is 419 g/mol. The standard InChI is InChI=1S/C23H25N5O3/c1-12-3-5-14(6-4-12)11-15(24)23(31)25-16-7-8-28-19-17(26-22(16)28)21(30)18(27-9-10-27)13(2)20(19)29/h3-6,15-16H,7-11,24H2,1-2H3,(H,25,31)/t15-,16-/m0/s1. The minimum atomic E-state index is -0.692. The Morgan fingerprint density at radius 1 is 1.16 bits per heavy atom. The molecule has 0 unspecified atom stereocenters. The summed E-state index contributed by atoms with van der Waals surface area (Å²) in [5.41, 5.74) is 9.79. The first-order valence-corrected chi connectivity index (χ1v) is 10.6. The van der Waals surface area contributed by atoms with Gasteiger partial charge in [0.2, 0.25) is 17.5 Å². The lowest BCUT2D eigenvalue weighted by Crippen LogP contribution is -2.43. The van der Waals surface area contributed by atoms with E-state index in [4.69, 9.17) is 5.73 Å². The average molecular weight is 419 g/mol. The molecule has 0 spiro atoms. The molecule has 3 heterocycles. The van der Waals surface area contributed by atoms with Crippen LogP contribution in [0.1, 0.15) is 57.3 Å². The largest absolute Gasteiger partial charge is 0.364 e. The lowest BCUT2D eigenvalue weighted by molar-refractivity contribution is -0.123. The number of allylic oxidation sites excluding steroid dienone is 2. The van der Waals surface area contributed by atoms with E-state index in [1.807, 2.05) is 36.1 Å². The Kier molecular flexibility index (Phi) is 4.55. The summed E-state index contributed by atoms with van der Waals surface area (Å²) in [4.78, 5) is 45.1. The van der Waals surface area contributed by atoms with Gasteiger partial charge in [0, 0.05) is 25.2 Å². The predicted molar refractivity (Wildman–Crippen MR) is 114 cm³/mol. The van der Waals surface area contributed by atoms with Gasteiger partial charge >= 0.3 is 0 Å².